The van der Waals surface area contributed by atoms with Crippen LogP contribution >= 0.6 is 0 Å². The molecule has 1 aromatic carbocycles. The van der Waals surface area contributed by atoms with E-state index in [1.165, 1.54) is 4.90 Å². The lowest BCUT2D eigenvalue weighted by Crippen LogP contribution is -2.46. The Morgan fingerprint density at radius 2 is 1.71 bits per heavy atom. The number of hydrogen-bond donors (Lipinski definition) is 0. The zero-order valence-electron chi connectivity index (χ0n) is 14.0. The van der Waals surface area contributed by atoms with E-state index in [2.05, 4.69) is 4.90 Å². The number of morpholine rings is 1. The number of methoxy groups -OCH3 is 2. The van der Waals surface area contributed by atoms with E-state index < -0.39 is 5.92 Å². The molecule has 2 heterocycles. The first-order valence-electron chi connectivity index (χ1n) is 7.99. The Balaban J connectivity index is 1.78. The summed E-state index contributed by atoms with van der Waals surface area (Å²) in [6.45, 7) is 3.06. The average molecular weight is 334 g/mol. The molecule has 0 aromatic heterocycles. The van der Waals surface area contributed by atoms with Crippen LogP contribution < -0.4 is 9.47 Å². The summed E-state index contributed by atoms with van der Waals surface area (Å²) in [6, 6.07) is 5.32. The summed E-state index contributed by atoms with van der Waals surface area (Å²) in [7, 11) is 3.12. The Labute approximate surface area is 141 Å². The zero-order chi connectivity index (χ0) is 17.1. The van der Waals surface area contributed by atoms with E-state index in [9.17, 15) is 9.59 Å². The van der Waals surface area contributed by atoms with Crippen LogP contribution in [0.2, 0.25) is 0 Å². The predicted molar refractivity (Wildman–Crippen MR) is 86.0 cm³/mol. The van der Waals surface area contributed by atoms with Gasteiger partial charge in [-0.1, -0.05) is 0 Å². The van der Waals surface area contributed by atoms with Crippen molar-refractivity contribution in [2.45, 2.75) is 12.3 Å². The summed E-state index contributed by atoms with van der Waals surface area (Å²) in [5.41, 5.74) is 0.744. The van der Waals surface area contributed by atoms with Gasteiger partial charge in [0.15, 0.2) is 0 Å². The molecule has 2 aliphatic rings. The molecule has 0 bridgehead atoms. The van der Waals surface area contributed by atoms with Gasteiger partial charge in [0, 0.05) is 25.6 Å². The maximum Gasteiger partial charge on any atom is 0.238 e. The molecule has 0 saturated carbocycles. The predicted octanol–water partition coefficient (Wildman–Crippen LogP) is 0.836. The fourth-order valence-electron chi connectivity index (χ4n) is 3.07. The Morgan fingerprint density at radius 1 is 1.08 bits per heavy atom. The number of nitrogens with zero attached hydrogens (tertiary/aromatic N) is 2. The Kier molecular flexibility index (Phi) is 5.01. The highest BCUT2D eigenvalue weighted by atomic mass is 16.5. The first-order valence-corrected chi connectivity index (χ1v) is 7.99. The van der Waals surface area contributed by atoms with E-state index in [-0.39, 0.29) is 18.2 Å². The molecule has 0 unspecified atom stereocenters. The van der Waals surface area contributed by atoms with Gasteiger partial charge in [0.1, 0.15) is 11.5 Å². The lowest BCUT2D eigenvalue weighted by Gasteiger charge is -2.29. The number of carbonyl (C=O) groups excluding carboxylic acids is 2. The van der Waals surface area contributed by atoms with Crippen LogP contribution in [-0.2, 0) is 14.3 Å². The van der Waals surface area contributed by atoms with Crippen molar-refractivity contribution in [3.05, 3.63) is 23.8 Å². The molecular formula is C17H22N2O5. The van der Waals surface area contributed by atoms with Gasteiger partial charge >= 0.3 is 0 Å². The smallest absolute Gasteiger partial charge is 0.238 e. The third-order valence-electron chi connectivity index (χ3n) is 4.47. The molecule has 0 aliphatic carbocycles. The molecule has 7 heteroatoms. The molecule has 2 fully saturated rings. The van der Waals surface area contributed by atoms with E-state index in [0.717, 1.165) is 18.7 Å². The topological polar surface area (TPSA) is 68.3 Å². The number of benzene rings is 1. The zero-order valence-corrected chi connectivity index (χ0v) is 14.0. The fraction of sp³-hybridized carbons (Fsp3) is 0.529. The lowest BCUT2D eigenvalue weighted by molar-refractivity contribution is -0.142. The summed E-state index contributed by atoms with van der Waals surface area (Å²) >= 11 is 0. The average Bonchev–Trinajstić information content (AvgIpc) is 2.90. The minimum atomic E-state index is -0.484. The molecule has 0 N–H and O–H groups in total. The highest BCUT2D eigenvalue weighted by Gasteiger charge is 2.40. The molecule has 24 heavy (non-hydrogen) atoms. The Morgan fingerprint density at radius 3 is 2.29 bits per heavy atom. The maximum absolute atomic E-state index is 12.8. The van der Waals surface area contributed by atoms with Crippen molar-refractivity contribution in [3.63, 3.8) is 0 Å². The van der Waals surface area contributed by atoms with Crippen LogP contribution in [-0.4, -0.2) is 68.8 Å². The Bertz CT molecular complexity index is 605. The number of imide groups is 1. The highest BCUT2D eigenvalue weighted by molar-refractivity contribution is 6.06. The minimum Gasteiger partial charge on any atom is -0.497 e. The van der Waals surface area contributed by atoms with Crippen molar-refractivity contribution in [1.29, 1.82) is 0 Å². The molecule has 1 atom stereocenters. The molecule has 0 spiro atoms. The van der Waals surface area contributed by atoms with Crippen LogP contribution in [0, 0.1) is 0 Å². The van der Waals surface area contributed by atoms with Gasteiger partial charge in [0.25, 0.3) is 0 Å². The Hall–Kier alpha value is -2.12. The van der Waals surface area contributed by atoms with Gasteiger partial charge in [-0.3, -0.25) is 19.4 Å². The van der Waals surface area contributed by atoms with E-state index in [4.69, 9.17) is 14.2 Å². The van der Waals surface area contributed by atoms with Gasteiger partial charge in [-0.25, -0.2) is 0 Å². The van der Waals surface area contributed by atoms with Crippen molar-refractivity contribution in [2.24, 2.45) is 0 Å². The molecule has 3 rings (SSSR count). The van der Waals surface area contributed by atoms with Gasteiger partial charge < -0.3 is 14.2 Å². The lowest BCUT2D eigenvalue weighted by atomic mass is 9.97. The van der Waals surface area contributed by atoms with E-state index in [1.807, 2.05) is 0 Å². The van der Waals surface area contributed by atoms with Crippen molar-refractivity contribution in [3.8, 4) is 11.5 Å². The van der Waals surface area contributed by atoms with Crippen LogP contribution in [0.5, 0.6) is 11.5 Å². The monoisotopic (exact) mass is 334 g/mol. The molecule has 2 saturated heterocycles. The first-order chi connectivity index (χ1) is 11.6. The normalized spacial score (nSPS) is 22.1. The minimum absolute atomic E-state index is 0.140. The maximum atomic E-state index is 12.8. The summed E-state index contributed by atoms with van der Waals surface area (Å²) in [6.07, 6.45) is 0.180. The summed E-state index contributed by atoms with van der Waals surface area (Å²) < 4.78 is 15.8. The quantitative estimate of drug-likeness (QED) is 0.743. The van der Waals surface area contributed by atoms with Crippen LogP contribution in [0.25, 0.3) is 0 Å². The van der Waals surface area contributed by atoms with Crippen molar-refractivity contribution < 1.29 is 23.8 Å². The van der Waals surface area contributed by atoms with Gasteiger partial charge in [0.05, 0.1) is 40.0 Å². The van der Waals surface area contributed by atoms with E-state index >= 15 is 0 Å². The molecule has 7 nitrogen and oxygen atoms in total. The molecular weight excluding hydrogens is 312 g/mol. The van der Waals surface area contributed by atoms with Crippen LogP contribution in [0.3, 0.4) is 0 Å². The summed E-state index contributed by atoms with van der Waals surface area (Å²) in [4.78, 5) is 28.5. The van der Waals surface area contributed by atoms with Gasteiger partial charge in [-0.05, 0) is 17.7 Å². The molecule has 1 aromatic rings. The number of hydrogen-bond acceptors (Lipinski definition) is 6. The molecule has 2 amide bonds. The van der Waals surface area contributed by atoms with Gasteiger partial charge in [-0.15, -0.1) is 0 Å². The van der Waals surface area contributed by atoms with Crippen molar-refractivity contribution >= 4 is 11.8 Å². The molecule has 130 valence electrons. The van der Waals surface area contributed by atoms with Crippen molar-refractivity contribution in [2.75, 3.05) is 47.2 Å². The van der Waals surface area contributed by atoms with Crippen LogP contribution in [0.1, 0.15) is 17.9 Å². The van der Waals surface area contributed by atoms with Crippen molar-refractivity contribution in [1.82, 2.24) is 9.80 Å². The standard InChI is InChI=1S/C17H22N2O5/c1-22-13-7-12(8-14(9-13)23-2)15-10-16(20)19(17(15)21)11-18-3-5-24-6-4-18/h7-9,15H,3-6,10-11H2,1-2H3/t15-/m0/s1. The summed E-state index contributed by atoms with van der Waals surface area (Å²) in [5.74, 6) is 0.426. The third kappa shape index (κ3) is 3.37. The second kappa shape index (κ2) is 7.19. The van der Waals surface area contributed by atoms with Crippen LogP contribution in [0.15, 0.2) is 18.2 Å². The molecule has 2 aliphatic heterocycles. The first kappa shape index (κ1) is 16.7. The van der Waals surface area contributed by atoms with Gasteiger partial charge in [-0.2, -0.15) is 0 Å². The van der Waals surface area contributed by atoms with E-state index in [0.29, 0.717) is 31.4 Å². The number of amides is 2. The SMILES string of the molecule is COc1cc(OC)cc([C@@H]2CC(=O)N(CN3CCOCC3)C2=O)c1. The van der Waals surface area contributed by atoms with Gasteiger partial charge in [0.2, 0.25) is 11.8 Å². The molecule has 0 radical (unpaired) electrons. The van der Waals surface area contributed by atoms with E-state index in [1.54, 1.807) is 32.4 Å². The number of carbonyl (C=O) groups is 2. The van der Waals surface area contributed by atoms with Crippen LogP contribution in [0.4, 0.5) is 0 Å². The summed E-state index contributed by atoms with van der Waals surface area (Å²) in [5, 5.41) is 0. The second-order valence-electron chi connectivity index (χ2n) is 5.93. The fourth-order valence-corrected chi connectivity index (χ4v) is 3.07. The number of likely N-dealkylation sites (tertiary alicyclic amines) is 1. The highest BCUT2D eigenvalue weighted by Crippen LogP contribution is 2.34. The second-order valence-corrected chi connectivity index (χ2v) is 5.93. The number of ether oxygens (including phenoxy) is 3. The number of rotatable bonds is 5. The third-order valence-corrected chi connectivity index (χ3v) is 4.47. The largest absolute Gasteiger partial charge is 0.497 e.